The van der Waals surface area contributed by atoms with Crippen LogP contribution in [0.15, 0.2) is 48.5 Å². The smallest absolute Gasteiger partial charge is 0.00295 e. The van der Waals surface area contributed by atoms with Crippen molar-refractivity contribution in [2.45, 2.75) is 57.3 Å². The fraction of sp³-hybridized carbons (Fsp3) is 0.500. The van der Waals surface area contributed by atoms with E-state index in [0.717, 1.165) is 23.7 Å². The van der Waals surface area contributed by atoms with E-state index in [2.05, 4.69) is 62.4 Å². The van der Waals surface area contributed by atoms with Crippen molar-refractivity contribution in [2.24, 2.45) is 17.8 Å². The van der Waals surface area contributed by atoms with E-state index in [1.165, 1.54) is 43.2 Å². The second kappa shape index (κ2) is 5.22. The highest BCUT2D eigenvalue weighted by molar-refractivity contribution is 5.40. The van der Waals surface area contributed by atoms with Gasteiger partial charge in [-0.25, -0.2) is 0 Å². The molecule has 0 aromatic heterocycles. The average molecular weight is 316 g/mol. The summed E-state index contributed by atoms with van der Waals surface area (Å²) in [6.07, 6.45) is 7.29. The van der Waals surface area contributed by atoms with Gasteiger partial charge in [-0.1, -0.05) is 59.7 Å². The van der Waals surface area contributed by atoms with Gasteiger partial charge in [0.2, 0.25) is 0 Å². The average Bonchev–Trinajstić information content (AvgIpc) is 2.56. The number of benzene rings is 2. The Labute approximate surface area is 146 Å². The second-order valence-electron chi connectivity index (χ2n) is 9.02. The summed E-state index contributed by atoms with van der Waals surface area (Å²) in [4.78, 5) is 0. The molecular formula is C24H28. The lowest BCUT2D eigenvalue weighted by Crippen LogP contribution is -2.53. The number of hydrogen-bond donors (Lipinski definition) is 0. The fourth-order valence-electron chi connectivity index (χ4n) is 6.71. The first-order valence-electron chi connectivity index (χ1n) is 9.78. The molecule has 4 aliphatic carbocycles. The van der Waals surface area contributed by atoms with Gasteiger partial charge in [-0.2, -0.15) is 0 Å². The summed E-state index contributed by atoms with van der Waals surface area (Å²) >= 11 is 0. The van der Waals surface area contributed by atoms with Gasteiger partial charge in [-0.3, -0.25) is 0 Å². The van der Waals surface area contributed by atoms with Gasteiger partial charge in [0, 0.05) is 5.41 Å². The number of aryl methyl sites for hydroxylation is 2. The summed E-state index contributed by atoms with van der Waals surface area (Å²) in [5.41, 5.74) is 6.39. The molecule has 4 aliphatic rings. The van der Waals surface area contributed by atoms with E-state index in [-0.39, 0.29) is 0 Å². The number of rotatable bonds is 2. The summed E-state index contributed by atoms with van der Waals surface area (Å²) in [6, 6.07) is 19.1. The van der Waals surface area contributed by atoms with Gasteiger partial charge in [0.05, 0.1) is 0 Å². The Morgan fingerprint density at radius 2 is 1.25 bits per heavy atom. The third-order valence-electron chi connectivity index (χ3n) is 7.37. The van der Waals surface area contributed by atoms with E-state index in [1.807, 2.05) is 0 Å². The lowest BCUT2D eigenvalue weighted by Gasteiger charge is -2.62. The molecule has 0 radical (unpaired) electrons. The normalized spacial score (nSPS) is 36.9. The lowest BCUT2D eigenvalue weighted by atomic mass is 9.42. The van der Waals surface area contributed by atoms with E-state index >= 15 is 0 Å². The monoisotopic (exact) mass is 316 g/mol. The van der Waals surface area contributed by atoms with Gasteiger partial charge in [0.1, 0.15) is 0 Å². The predicted octanol–water partition coefficient (Wildman–Crippen LogP) is 6.16. The summed E-state index contributed by atoms with van der Waals surface area (Å²) < 4.78 is 0. The Hall–Kier alpha value is -1.56. The van der Waals surface area contributed by atoms with Crippen molar-refractivity contribution < 1.29 is 0 Å². The van der Waals surface area contributed by atoms with E-state index in [4.69, 9.17) is 0 Å². The van der Waals surface area contributed by atoms with Crippen LogP contribution in [0.4, 0.5) is 0 Å². The van der Waals surface area contributed by atoms with Crippen LogP contribution in [0, 0.1) is 31.6 Å². The van der Waals surface area contributed by atoms with Crippen molar-refractivity contribution in [1.29, 1.82) is 0 Å². The molecule has 0 heteroatoms. The molecule has 0 saturated heterocycles. The molecule has 0 spiro atoms. The summed E-state index contributed by atoms with van der Waals surface area (Å²) in [6.45, 7) is 4.41. The summed E-state index contributed by atoms with van der Waals surface area (Å²) in [5.74, 6) is 3.59. The fourth-order valence-corrected chi connectivity index (χ4v) is 6.71. The largest absolute Gasteiger partial charge is 0.0590 e. The van der Waals surface area contributed by atoms with Gasteiger partial charge in [0.25, 0.3) is 0 Å². The Bertz CT molecular complexity index is 723. The van der Waals surface area contributed by atoms with Crippen molar-refractivity contribution >= 4 is 0 Å². The molecule has 0 aliphatic heterocycles. The zero-order valence-electron chi connectivity index (χ0n) is 15.0. The van der Waals surface area contributed by atoms with Crippen molar-refractivity contribution in [2.75, 3.05) is 0 Å². The Morgan fingerprint density at radius 1 is 0.708 bits per heavy atom. The molecule has 2 aromatic carbocycles. The van der Waals surface area contributed by atoms with Crippen LogP contribution in [0.5, 0.6) is 0 Å². The Morgan fingerprint density at radius 3 is 1.83 bits per heavy atom. The van der Waals surface area contributed by atoms with Crippen molar-refractivity contribution in [3.05, 3.63) is 70.8 Å². The maximum Gasteiger partial charge on any atom is 0.00295 e. The van der Waals surface area contributed by atoms with Crippen molar-refractivity contribution in [3.63, 3.8) is 0 Å². The maximum atomic E-state index is 2.45. The molecular weight excluding hydrogens is 288 g/mol. The molecule has 4 saturated carbocycles. The van der Waals surface area contributed by atoms with Gasteiger partial charge in [-0.15, -0.1) is 0 Å². The Balaban J connectivity index is 1.65. The second-order valence-corrected chi connectivity index (χ2v) is 9.02. The number of hydrogen-bond acceptors (Lipinski definition) is 0. The molecule has 0 N–H and O–H groups in total. The van der Waals surface area contributed by atoms with Crippen molar-refractivity contribution in [1.82, 2.24) is 0 Å². The topological polar surface area (TPSA) is 0 Å². The summed E-state index contributed by atoms with van der Waals surface area (Å²) in [7, 11) is 0. The first kappa shape index (κ1) is 14.8. The molecule has 3 unspecified atom stereocenters. The minimum atomic E-state index is 0.401. The Kier molecular flexibility index (Phi) is 3.21. The molecule has 24 heavy (non-hydrogen) atoms. The van der Waals surface area contributed by atoms with Crippen molar-refractivity contribution in [3.8, 4) is 0 Å². The molecule has 3 atom stereocenters. The maximum absolute atomic E-state index is 2.45. The SMILES string of the molecule is Cc1ccc(C2C3CC4CC(C3)CC2(c2ccc(C)cc2)C4)cc1. The van der Waals surface area contributed by atoms with E-state index in [0.29, 0.717) is 5.41 Å². The summed E-state index contributed by atoms with van der Waals surface area (Å²) in [5, 5.41) is 0. The minimum Gasteiger partial charge on any atom is -0.0590 e. The van der Waals surface area contributed by atoms with Crippen LogP contribution in [-0.4, -0.2) is 0 Å². The molecule has 2 aromatic rings. The zero-order chi connectivity index (χ0) is 16.3. The van der Waals surface area contributed by atoms with Gasteiger partial charge in [0.15, 0.2) is 0 Å². The van der Waals surface area contributed by atoms with Crippen LogP contribution in [0.3, 0.4) is 0 Å². The molecule has 124 valence electrons. The molecule has 4 fully saturated rings. The predicted molar refractivity (Wildman–Crippen MR) is 100 cm³/mol. The molecule has 0 amide bonds. The van der Waals surface area contributed by atoms with Crippen LogP contribution in [-0.2, 0) is 5.41 Å². The molecule has 4 bridgehead atoms. The molecule has 0 heterocycles. The first-order chi connectivity index (χ1) is 11.6. The molecule has 0 nitrogen and oxygen atoms in total. The zero-order valence-corrected chi connectivity index (χ0v) is 15.0. The lowest BCUT2D eigenvalue weighted by molar-refractivity contribution is -0.0280. The van der Waals surface area contributed by atoms with Gasteiger partial charge >= 0.3 is 0 Å². The highest BCUT2D eigenvalue weighted by Crippen LogP contribution is 2.66. The third-order valence-corrected chi connectivity index (χ3v) is 7.37. The minimum absolute atomic E-state index is 0.401. The standard InChI is InChI=1S/C24H28/c1-16-3-7-20(8-4-16)23-21-12-18-11-19(13-21)15-24(23,14-18)22-9-5-17(2)6-10-22/h3-10,18-19,21,23H,11-15H2,1-2H3. The van der Waals surface area contributed by atoms with Crippen LogP contribution < -0.4 is 0 Å². The van der Waals surface area contributed by atoms with Crippen LogP contribution >= 0.6 is 0 Å². The highest BCUT2D eigenvalue weighted by atomic mass is 14.6. The van der Waals surface area contributed by atoms with Gasteiger partial charge in [-0.05, 0) is 80.8 Å². The van der Waals surface area contributed by atoms with E-state index in [9.17, 15) is 0 Å². The van der Waals surface area contributed by atoms with Gasteiger partial charge < -0.3 is 0 Å². The van der Waals surface area contributed by atoms with Crippen LogP contribution in [0.1, 0.15) is 60.3 Å². The van der Waals surface area contributed by atoms with E-state index in [1.54, 1.807) is 11.1 Å². The van der Waals surface area contributed by atoms with Crippen LogP contribution in [0.25, 0.3) is 0 Å². The quantitative estimate of drug-likeness (QED) is 0.622. The van der Waals surface area contributed by atoms with Crippen LogP contribution in [0.2, 0.25) is 0 Å². The van der Waals surface area contributed by atoms with E-state index < -0.39 is 0 Å². The molecule has 6 rings (SSSR count). The third kappa shape index (κ3) is 2.11. The first-order valence-corrected chi connectivity index (χ1v) is 9.78. The highest BCUT2D eigenvalue weighted by Gasteiger charge is 2.57.